The first-order chi connectivity index (χ1) is 16.7. The summed E-state index contributed by atoms with van der Waals surface area (Å²) in [5, 5.41) is 1.75. The molecule has 1 atom stereocenters. The Morgan fingerprint density at radius 2 is 1.47 bits per heavy atom. The second-order valence-corrected chi connectivity index (χ2v) is 11.3. The number of nitrogens with one attached hydrogen (secondary N) is 1. The lowest BCUT2D eigenvalue weighted by molar-refractivity contribution is -0.174. The first-order valence-corrected chi connectivity index (χ1v) is 13.1. The number of halogens is 4. The van der Waals surface area contributed by atoms with E-state index >= 15 is 0 Å². The fraction of sp³-hybridized carbons (Fsp3) is 0.174. The number of carbonyl (C=O) groups is 1. The number of amides is 1. The number of rotatable bonds is 7. The van der Waals surface area contributed by atoms with Crippen LogP contribution >= 0.6 is 0 Å². The highest BCUT2D eigenvalue weighted by Crippen LogP contribution is 2.35. The Labute approximate surface area is 204 Å². The second-order valence-electron chi connectivity index (χ2n) is 7.51. The van der Waals surface area contributed by atoms with Crippen molar-refractivity contribution in [3.63, 3.8) is 0 Å². The normalized spacial score (nSPS) is 13.2. The lowest BCUT2D eigenvalue weighted by Crippen LogP contribution is -2.38. The van der Waals surface area contributed by atoms with Gasteiger partial charge in [-0.1, -0.05) is 24.3 Å². The highest BCUT2D eigenvalue weighted by atomic mass is 32.2. The lowest BCUT2D eigenvalue weighted by atomic mass is 10.1. The van der Waals surface area contributed by atoms with Gasteiger partial charge in [0.1, 0.15) is 16.5 Å². The van der Waals surface area contributed by atoms with E-state index in [1.807, 2.05) is 0 Å². The van der Waals surface area contributed by atoms with Crippen LogP contribution in [0.2, 0.25) is 0 Å². The molecular weight excluding hydrogens is 526 g/mol. The summed E-state index contributed by atoms with van der Waals surface area (Å²) < 4.78 is 110. The van der Waals surface area contributed by atoms with E-state index in [4.69, 9.17) is 4.74 Å². The standard InChI is InChI=1S/C23H19F4NO6S2/c1-14(28-22(29)23(25,26)27)15-7-10-17(11-8-15)35(30,31)20-12-9-16(34-2)13-21(20)36(32,33)19-6-4-3-5-18(19)24/h3-14H,1-2H3,(H,28,29)/t14-/m0/s1. The summed E-state index contributed by atoms with van der Waals surface area (Å²) >= 11 is 0. The van der Waals surface area contributed by atoms with Gasteiger partial charge in [-0.2, -0.15) is 13.2 Å². The summed E-state index contributed by atoms with van der Waals surface area (Å²) in [5.41, 5.74) is 0.167. The van der Waals surface area contributed by atoms with Gasteiger partial charge in [0.15, 0.2) is 0 Å². The molecule has 0 saturated carbocycles. The maximum Gasteiger partial charge on any atom is 0.471 e. The van der Waals surface area contributed by atoms with E-state index < -0.39 is 58.3 Å². The molecule has 0 radical (unpaired) electrons. The number of sulfone groups is 2. The Hall–Kier alpha value is -3.45. The van der Waals surface area contributed by atoms with Crippen molar-refractivity contribution in [1.29, 1.82) is 0 Å². The van der Waals surface area contributed by atoms with Crippen molar-refractivity contribution >= 4 is 25.6 Å². The minimum absolute atomic E-state index is 0.00782. The molecule has 0 aliphatic heterocycles. The smallest absolute Gasteiger partial charge is 0.471 e. The van der Waals surface area contributed by atoms with Crippen LogP contribution in [0.1, 0.15) is 18.5 Å². The summed E-state index contributed by atoms with van der Waals surface area (Å²) in [6.07, 6.45) is -5.09. The van der Waals surface area contributed by atoms with Crippen LogP contribution in [0.4, 0.5) is 17.6 Å². The van der Waals surface area contributed by atoms with Crippen LogP contribution in [-0.2, 0) is 24.5 Å². The number of methoxy groups -OCH3 is 1. The van der Waals surface area contributed by atoms with Gasteiger partial charge in [0.2, 0.25) is 19.7 Å². The number of hydrogen-bond donors (Lipinski definition) is 1. The monoisotopic (exact) mass is 545 g/mol. The molecule has 1 amide bonds. The molecule has 192 valence electrons. The van der Waals surface area contributed by atoms with Crippen LogP contribution in [0.5, 0.6) is 5.75 Å². The van der Waals surface area contributed by atoms with Crippen LogP contribution < -0.4 is 10.1 Å². The minimum Gasteiger partial charge on any atom is -0.497 e. The number of benzene rings is 3. The third kappa shape index (κ3) is 5.36. The quantitative estimate of drug-likeness (QED) is 0.445. The molecule has 3 aromatic carbocycles. The molecule has 0 aromatic heterocycles. The van der Waals surface area contributed by atoms with E-state index in [9.17, 15) is 39.2 Å². The largest absolute Gasteiger partial charge is 0.497 e. The van der Waals surface area contributed by atoms with Gasteiger partial charge in [-0.15, -0.1) is 0 Å². The Bertz CT molecular complexity index is 1500. The van der Waals surface area contributed by atoms with Gasteiger partial charge in [0.05, 0.1) is 27.8 Å². The molecule has 0 aliphatic rings. The first-order valence-electron chi connectivity index (χ1n) is 10.1. The number of ether oxygens (including phenoxy) is 1. The SMILES string of the molecule is COc1ccc(S(=O)(=O)c2ccc([C@H](C)NC(=O)C(F)(F)F)cc2)c(S(=O)(=O)c2ccccc2F)c1. The highest BCUT2D eigenvalue weighted by molar-refractivity contribution is 7.94. The Kier molecular flexibility index (Phi) is 7.46. The van der Waals surface area contributed by atoms with Crippen LogP contribution in [0, 0.1) is 5.82 Å². The molecule has 0 aliphatic carbocycles. The molecular formula is C23H19F4NO6S2. The molecule has 0 unspecified atom stereocenters. The van der Waals surface area contributed by atoms with E-state index in [1.165, 1.54) is 44.4 Å². The summed E-state index contributed by atoms with van der Waals surface area (Å²) in [7, 11) is -7.94. The van der Waals surface area contributed by atoms with Gasteiger partial charge >= 0.3 is 12.1 Å². The lowest BCUT2D eigenvalue weighted by Gasteiger charge is -2.17. The third-order valence-electron chi connectivity index (χ3n) is 5.15. The molecule has 3 rings (SSSR count). The zero-order chi connectivity index (χ0) is 26.9. The predicted octanol–water partition coefficient (Wildman–Crippen LogP) is 4.24. The first kappa shape index (κ1) is 27.1. The average Bonchev–Trinajstić information content (AvgIpc) is 2.83. The molecule has 36 heavy (non-hydrogen) atoms. The second kappa shape index (κ2) is 9.90. The van der Waals surface area contributed by atoms with E-state index in [0.717, 1.165) is 36.4 Å². The van der Waals surface area contributed by atoms with E-state index in [0.29, 0.717) is 0 Å². The highest BCUT2D eigenvalue weighted by Gasteiger charge is 2.39. The molecule has 1 N–H and O–H groups in total. The van der Waals surface area contributed by atoms with Crippen molar-refractivity contribution in [2.45, 2.75) is 38.7 Å². The molecule has 0 bridgehead atoms. The minimum atomic E-state index is -5.09. The van der Waals surface area contributed by atoms with Crippen LogP contribution in [0.3, 0.4) is 0 Å². The van der Waals surface area contributed by atoms with E-state index in [1.54, 1.807) is 5.32 Å². The van der Waals surface area contributed by atoms with Gasteiger partial charge < -0.3 is 10.1 Å². The van der Waals surface area contributed by atoms with E-state index in [-0.39, 0.29) is 16.2 Å². The summed E-state index contributed by atoms with van der Waals surface area (Å²) in [5.74, 6) is -3.23. The maximum absolute atomic E-state index is 14.3. The van der Waals surface area contributed by atoms with Gasteiger partial charge in [0, 0.05) is 6.07 Å². The fourth-order valence-corrected chi connectivity index (χ4v) is 6.65. The Morgan fingerprint density at radius 1 is 0.861 bits per heavy atom. The van der Waals surface area contributed by atoms with Gasteiger partial charge in [-0.05, 0) is 48.9 Å². The molecule has 0 saturated heterocycles. The topological polar surface area (TPSA) is 107 Å². The average molecular weight is 546 g/mol. The Morgan fingerprint density at radius 3 is 2.03 bits per heavy atom. The fourth-order valence-electron chi connectivity index (χ4n) is 3.25. The molecule has 13 heteroatoms. The van der Waals surface area contributed by atoms with Gasteiger partial charge in [-0.25, -0.2) is 21.2 Å². The summed E-state index contributed by atoms with van der Waals surface area (Å²) in [4.78, 5) is 8.67. The molecule has 7 nitrogen and oxygen atoms in total. The molecule has 0 fully saturated rings. The molecule has 3 aromatic rings. The zero-order valence-corrected chi connectivity index (χ0v) is 20.3. The van der Waals surface area contributed by atoms with Crippen molar-refractivity contribution in [3.8, 4) is 5.75 Å². The van der Waals surface area contributed by atoms with Crippen LogP contribution in [0.15, 0.2) is 86.3 Å². The Balaban J connectivity index is 2.06. The molecule has 0 spiro atoms. The summed E-state index contributed by atoms with van der Waals surface area (Å²) in [6.45, 7) is 1.27. The van der Waals surface area contributed by atoms with Gasteiger partial charge in [0.25, 0.3) is 0 Å². The van der Waals surface area contributed by atoms with Gasteiger partial charge in [-0.3, -0.25) is 4.79 Å². The van der Waals surface area contributed by atoms with Crippen LogP contribution in [0.25, 0.3) is 0 Å². The zero-order valence-electron chi connectivity index (χ0n) is 18.7. The van der Waals surface area contributed by atoms with E-state index in [2.05, 4.69) is 0 Å². The van der Waals surface area contributed by atoms with Crippen LogP contribution in [-0.4, -0.2) is 36.0 Å². The molecule has 0 heterocycles. The third-order valence-corrected chi connectivity index (χ3v) is 8.94. The van der Waals surface area contributed by atoms with Crippen molar-refractivity contribution in [2.24, 2.45) is 0 Å². The van der Waals surface area contributed by atoms with Crippen molar-refractivity contribution in [3.05, 3.63) is 78.1 Å². The number of alkyl halides is 3. The maximum atomic E-state index is 14.3. The number of carbonyl (C=O) groups excluding carboxylic acids is 1. The summed E-state index contributed by atoms with van der Waals surface area (Å²) in [6, 6.07) is 11.0. The number of hydrogen-bond acceptors (Lipinski definition) is 6. The van der Waals surface area contributed by atoms with Crippen molar-refractivity contribution in [1.82, 2.24) is 5.32 Å². The van der Waals surface area contributed by atoms with Crippen molar-refractivity contribution in [2.75, 3.05) is 7.11 Å². The predicted molar refractivity (Wildman–Crippen MR) is 119 cm³/mol. The van der Waals surface area contributed by atoms with Crippen molar-refractivity contribution < 1.29 is 43.9 Å².